The summed E-state index contributed by atoms with van der Waals surface area (Å²) < 4.78 is 1.79. The predicted octanol–water partition coefficient (Wildman–Crippen LogP) is 1.82. The van der Waals surface area contributed by atoms with Gasteiger partial charge in [0, 0.05) is 24.7 Å². The Hall–Kier alpha value is -1.20. The minimum absolute atomic E-state index is 0.290. The maximum absolute atomic E-state index is 4.54. The molecule has 0 fully saturated rings. The van der Waals surface area contributed by atoms with Crippen molar-refractivity contribution in [3.8, 4) is 10.7 Å². The highest BCUT2D eigenvalue weighted by Crippen LogP contribution is 2.24. The van der Waals surface area contributed by atoms with Gasteiger partial charge in [-0.3, -0.25) is 4.68 Å². The first kappa shape index (κ1) is 10.3. The SMILES string of the molecule is CNC(C)c1csc(-c2ccn(C)n2)n1. The summed E-state index contributed by atoms with van der Waals surface area (Å²) >= 11 is 1.63. The highest BCUT2D eigenvalue weighted by molar-refractivity contribution is 7.13. The van der Waals surface area contributed by atoms with Gasteiger partial charge in [-0.15, -0.1) is 11.3 Å². The van der Waals surface area contributed by atoms with Crippen molar-refractivity contribution in [1.29, 1.82) is 0 Å². The van der Waals surface area contributed by atoms with Gasteiger partial charge in [0.1, 0.15) is 10.7 Å². The van der Waals surface area contributed by atoms with E-state index in [0.29, 0.717) is 6.04 Å². The van der Waals surface area contributed by atoms with E-state index in [1.54, 1.807) is 16.0 Å². The van der Waals surface area contributed by atoms with Crippen molar-refractivity contribution in [2.24, 2.45) is 7.05 Å². The van der Waals surface area contributed by atoms with Crippen molar-refractivity contribution >= 4 is 11.3 Å². The van der Waals surface area contributed by atoms with E-state index in [1.807, 2.05) is 26.4 Å². The molecule has 0 saturated carbocycles. The standard InChI is InChI=1S/C10H14N4S/c1-7(11-2)9-6-15-10(12-9)8-4-5-14(3)13-8/h4-7,11H,1-3H3. The topological polar surface area (TPSA) is 42.7 Å². The lowest BCUT2D eigenvalue weighted by Gasteiger charge is -2.04. The fourth-order valence-corrected chi connectivity index (χ4v) is 2.16. The first-order chi connectivity index (χ1) is 7.20. The molecular formula is C10H14N4S. The molecule has 15 heavy (non-hydrogen) atoms. The zero-order valence-corrected chi connectivity index (χ0v) is 9.88. The van der Waals surface area contributed by atoms with Gasteiger partial charge in [-0.2, -0.15) is 5.10 Å². The predicted molar refractivity (Wildman–Crippen MR) is 61.8 cm³/mol. The fraction of sp³-hybridized carbons (Fsp3) is 0.400. The largest absolute Gasteiger partial charge is 0.312 e. The van der Waals surface area contributed by atoms with Gasteiger partial charge in [-0.25, -0.2) is 4.98 Å². The number of nitrogens with zero attached hydrogens (tertiary/aromatic N) is 3. The Labute approximate surface area is 93.0 Å². The fourth-order valence-electron chi connectivity index (χ4n) is 1.28. The number of hydrogen-bond acceptors (Lipinski definition) is 4. The van der Waals surface area contributed by atoms with E-state index in [0.717, 1.165) is 16.4 Å². The third-order valence-electron chi connectivity index (χ3n) is 2.33. The van der Waals surface area contributed by atoms with Crippen LogP contribution in [0, 0.1) is 0 Å². The molecule has 1 N–H and O–H groups in total. The van der Waals surface area contributed by atoms with E-state index in [2.05, 4.69) is 27.7 Å². The molecule has 2 aromatic heterocycles. The Balaban J connectivity index is 2.27. The van der Waals surface area contributed by atoms with Crippen LogP contribution in [0.5, 0.6) is 0 Å². The van der Waals surface area contributed by atoms with Crippen LogP contribution in [0.2, 0.25) is 0 Å². The van der Waals surface area contributed by atoms with E-state index in [9.17, 15) is 0 Å². The zero-order valence-electron chi connectivity index (χ0n) is 9.06. The quantitative estimate of drug-likeness (QED) is 0.861. The molecule has 4 nitrogen and oxygen atoms in total. The Bertz CT molecular complexity index is 446. The van der Waals surface area contributed by atoms with E-state index in [1.165, 1.54) is 0 Å². The van der Waals surface area contributed by atoms with Gasteiger partial charge in [0.15, 0.2) is 0 Å². The maximum Gasteiger partial charge on any atom is 0.144 e. The maximum atomic E-state index is 4.54. The molecule has 0 aliphatic carbocycles. The molecule has 0 saturated heterocycles. The molecule has 5 heteroatoms. The van der Waals surface area contributed by atoms with Gasteiger partial charge < -0.3 is 5.32 Å². The molecule has 1 atom stereocenters. The highest BCUT2D eigenvalue weighted by atomic mass is 32.1. The molecule has 0 spiro atoms. The first-order valence-electron chi connectivity index (χ1n) is 4.83. The van der Waals surface area contributed by atoms with E-state index in [4.69, 9.17) is 0 Å². The summed E-state index contributed by atoms with van der Waals surface area (Å²) in [6.07, 6.45) is 1.93. The number of rotatable bonds is 3. The Morgan fingerprint density at radius 3 is 2.93 bits per heavy atom. The van der Waals surface area contributed by atoms with Crippen molar-refractivity contribution < 1.29 is 0 Å². The van der Waals surface area contributed by atoms with Gasteiger partial charge in [-0.1, -0.05) is 0 Å². The molecule has 0 amide bonds. The molecule has 0 bridgehead atoms. The molecule has 80 valence electrons. The molecule has 2 aromatic rings. The Morgan fingerprint density at radius 2 is 2.33 bits per heavy atom. The molecular weight excluding hydrogens is 208 g/mol. The highest BCUT2D eigenvalue weighted by Gasteiger charge is 2.10. The molecule has 0 aliphatic rings. The van der Waals surface area contributed by atoms with Crippen molar-refractivity contribution in [2.75, 3.05) is 7.05 Å². The summed E-state index contributed by atoms with van der Waals surface area (Å²) in [6, 6.07) is 2.27. The monoisotopic (exact) mass is 222 g/mol. The number of hydrogen-bond donors (Lipinski definition) is 1. The van der Waals surface area contributed by atoms with E-state index < -0.39 is 0 Å². The van der Waals surface area contributed by atoms with Crippen molar-refractivity contribution in [1.82, 2.24) is 20.1 Å². The van der Waals surface area contributed by atoms with Gasteiger partial charge in [0.25, 0.3) is 0 Å². The normalized spacial score (nSPS) is 13.0. The average Bonchev–Trinajstić information content (AvgIpc) is 2.84. The average molecular weight is 222 g/mol. The lowest BCUT2D eigenvalue weighted by molar-refractivity contribution is 0.637. The van der Waals surface area contributed by atoms with E-state index >= 15 is 0 Å². The second-order valence-electron chi connectivity index (χ2n) is 3.46. The van der Waals surface area contributed by atoms with E-state index in [-0.39, 0.29) is 0 Å². The Morgan fingerprint density at radius 1 is 1.53 bits per heavy atom. The van der Waals surface area contributed by atoms with Crippen molar-refractivity contribution in [3.63, 3.8) is 0 Å². The number of aryl methyl sites for hydroxylation is 1. The van der Waals surface area contributed by atoms with Crippen molar-refractivity contribution in [3.05, 3.63) is 23.3 Å². The molecule has 2 rings (SSSR count). The smallest absolute Gasteiger partial charge is 0.144 e. The lowest BCUT2D eigenvalue weighted by Crippen LogP contribution is -2.12. The van der Waals surface area contributed by atoms with Crippen LogP contribution in [-0.2, 0) is 7.05 Å². The second-order valence-corrected chi connectivity index (χ2v) is 4.32. The number of thiazole rings is 1. The van der Waals surface area contributed by atoms with Crippen LogP contribution < -0.4 is 5.32 Å². The molecule has 0 aliphatic heterocycles. The van der Waals surface area contributed by atoms with Gasteiger partial charge in [0.2, 0.25) is 0 Å². The lowest BCUT2D eigenvalue weighted by atomic mass is 10.3. The summed E-state index contributed by atoms with van der Waals surface area (Å²) in [6.45, 7) is 2.09. The Kier molecular flexibility index (Phi) is 2.83. The van der Waals surface area contributed by atoms with Gasteiger partial charge in [-0.05, 0) is 20.0 Å². The minimum atomic E-state index is 0.290. The molecule has 0 aromatic carbocycles. The molecule has 1 unspecified atom stereocenters. The third-order valence-corrected chi connectivity index (χ3v) is 3.21. The third kappa shape index (κ3) is 2.08. The van der Waals surface area contributed by atoms with Crippen molar-refractivity contribution in [2.45, 2.75) is 13.0 Å². The molecule has 0 radical (unpaired) electrons. The number of nitrogens with one attached hydrogen (secondary N) is 1. The zero-order chi connectivity index (χ0) is 10.8. The first-order valence-corrected chi connectivity index (χ1v) is 5.71. The second kappa shape index (κ2) is 4.12. The summed E-state index contributed by atoms with van der Waals surface area (Å²) in [5.41, 5.74) is 2.01. The van der Waals surface area contributed by atoms with Crippen LogP contribution in [0.25, 0.3) is 10.7 Å². The van der Waals surface area contributed by atoms with Crippen LogP contribution in [0.15, 0.2) is 17.6 Å². The van der Waals surface area contributed by atoms with Gasteiger partial charge >= 0.3 is 0 Å². The summed E-state index contributed by atoms with van der Waals surface area (Å²) in [7, 11) is 3.85. The summed E-state index contributed by atoms with van der Waals surface area (Å²) in [5, 5.41) is 10.5. The summed E-state index contributed by atoms with van der Waals surface area (Å²) in [4.78, 5) is 4.54. The van der Waals surface area contributed by atoms with Crippen LogP contribution in [0.4, 0.5) is 0 Å². The van der Waals surface area contributed by atoms with Gasteiger partial charge in [0.05, 0.1) is 5.69 Å². The van der Waals surface area contributed by atoms with Crippen LogP contribution in [-0.4, -0.2) is 21.8 Å². The number of aromatic nitrogens is 3. The van der Waals surface area contributed by atoms with Crippen LogP contribution >= 0.6 is 11.3 Å². The summed E-state index contributed by atoms with van der Waals surface area (Å²) in [5.74, 6) is 0. The van der Waals surface area contributed by atoms with Crippen LogP contribution in [0.3, 0.4) is 0 Å². The van der Waals surface area contributed by atoms with Crippen LogP contribution in [0.1, 0.15) is 18.7 Å². The molecule has 2 heterocycles. The minimum Gasteiger partial charge on any atom is -0.312 e.